The van der Waals surface area contributed by atoms with E-state index < -0.39 is 0 Å². The van der Waals surface area contributed by atoms with Gasteiger partial charge in [-0.05, 0) is 119 Å². The molecule has 88 heavy (non-hydrogen) atoms. The molecular weight excluding hydrogens is 1440 g/mol. The van der Waals surface area contributed by atoms with Crippen LogP contribution in [0.2, 0.25) is 0 Å². The summed E-state index contributed by atoms with van der Waals surface area (Å²) < 4.78 is 4.33. The van der Waals surface area contributed by atoms with Crippen LogP contribution in [0.25, 0.3) is 56.9 Å². The van der Waals surface area contributed by atoms with Crippen LogP contribution >= 0.6 is 0 Å². The molecule has 0 aliphatic carbocycles. The SMILES string of the molecule is CCCN1[CH-]N(c2[c-]cccc2)c2ccccc21.CN1[CH-]N(c2[c-]cccc2)c2ccccc21.Cc1ccccc1-c1nnc(-c2[c-]cccc2)n1-c1c(C)cccc1C.Cc1ccccc1-c1nnc(-c2[c-]cccc2)n1-c1c(C)cccc1C.[Ir+3].[Ir+3]. The molecule has 2 aliphatic rings. The van der Waals surface area contributed by atoms with Gasteiger partial charge >= 0.3 is 40.2 Å². The van der Waals surface area contributed by atoms with E-state index in [0.29, 0.717) is 0 Å². The van der Waals surface area contributed by atoms with Crippen LogP contribution in [0.3, 0.4) is 0 Å². The molecule has 2 aliphatic heterocycles. The van der Waals surface area contributed by atoms with Gasteiger partial charge in [-0.15, -0.1) is 93.4 Å². The predicted molar refractivity (Wildman–Crippen MR) is 353 cm³/mol. The number of benzene rings is 10. The van der Waals surface area contributed by atoms with Gasteiger partial charge in [-0.25, -0.2) is 0 Å². The molecule has 0 unspecified atom stereocenters. The van der Waals surface area contributed by atoms with Crippen molar-refractivity contribution in [3.63, 3.8) is 0 Å². The van der Waals surface area contributed by atoms with Gasteiger partial charge in [-0.1, -0.05) is 116 Å². The monoisotopic (exact) mass is 1510 g/mol. The molecule has 2 aromatic heterocycles. The van der Waals surface area contributed by atoms with Crippen molar-refractivity contribution in [3.05, 3.63) is 302 Å². The fourth-order valence-corrected chi connectivity index (χ4v) is 11.0. The summed E-state index contributed by atoms with van der Waals surface area (Å²) in [6.07, 6.45) is 1.14. The molecule has 0 fully saturated rings. The average molecular weight is 1510 g/mol. The number of hydrogen-bond donors (Lipinski definition) is 0. The van der Waals surface area contributed by atoms with Crippen LogP contribution in [0.15, 0.2) is 231 Å². The summed E-state index contributed by atoms with van der Waals surface area (Å²) in [6, 6.07) is 91.1. The maximum Gasteiger partial charge on any atom is 3.00 e. The van der Waals surface area contributed by atoms with Crippen LogP contribution in [0, 0.1) is 79.1 Å². The number of aromatic nitrogens is 6. The molecule has 0 saturated carbocycles. The summed E-state index contributed by atoms with van der Waals surface area (Å²) in [5.74, 6) is 3.32. The Bertz CT molecular complexity index is 3990. The molecule has 12 aromatic rings. The van der Waals surface area contributed by atoms with E-state index in [-0.39, 0.29) is 40.2 Å². The smallest absolute Gasteiger partial charge is 0.504 e. The summed E-state index contributed by atoms with van der Waals surface area (Å²) in [7, 11) is 2.06. The Labute approximate surface area is 546 Å². The Hall–Kier alpha value is -9.02. The van der Waals surface area contributed by atoms with Crippen LogP contribution in [0.1, 0.15) is 46.7 Å². The second-order valence-corrected chi connectivity index (χ2v) is 21.3. The second kappa shape index (κ2) is 29.6. The molecule has 0 atom stereocenters. The van der Waals surface area contributed by atoms with Crippen molar-refractivity contribution in [2.45, 2.75) is 54.9 Å². The molecule has 0 amide bonds. The minimum absolute atomic E-state index is 0. The Morgan fingerprint density at radius 1 is 0.352 bits per heavy atom. The van der Waals surface area contributed by atoms with Gasteiger partial charge < -0.3 is 28.7 Å². The van der Waals surface area contributed by atoms with Gasteiger partial charge in [-0.3, -0.25) is 0 Å². The first-order valence-electron chi connectivity index (χ1n) is 29.1. The summed E-state index contributed by atoms with van der Waals surface area (Å²) in [6.45, 7) is 20.2. The molecule has 12 heteroatoms. The van der Waals surface area contributed by atoms with Gasteiger partial charge in [0.2, 0.25) is 0 Å². The minimum atomic E-state index is 0. The zero-order valence-electron chi connectivity index (χ0n) is 50.6. The third-order valence-corrected chi connectivity index (χ3v) is 15.2. The Morgan fingerprint density at radius 2 is 0.705 bits per heavy atom. The molecule has 440 valence electrons. The average Bonchev–Trinajstić information content (AvgIpc) is 1.90. The number of anilines is 6. The third kappa shape index (κ3) is 13.7. The van der Waals surface area contributed by atoms with Crippen molar-refractivity contribution in [1.29, 1.82) is 0 Å². The van der Waals surface area contributed by atoms with E-state index in [0.717, 1.165) is 81.3 Å². The van der Waals surface area contributed by atoms with E-state index in [4.69, 9.17) is 0 Å². The molecule has 0 saturated heterocycles. The first-order chi connectivity index (χ1) is 42.1. The summed E-state index contributed by atoms with van der Waals surface area (Å²) >= 11 is 0. The van der Waals surface area contributed by atoms with Gasteiger partial charge in [0.05, 0.1) is 11.6 Å². The Kier molecular flexibility index (Phi) is 21.3. The Balaban J connectivity index is 0.000000141. The molecule has 0 radical (unpaired) electrons. The molecular formula is C76H68Ir2N10. The van der Waals surface area contributed by atoms with E-state index in [1.807, 2.05) is 109 Å². The van der Waals surface area contributed by atoms with Gasteiger partial charge in [0, 0.05) is 45.3 Å². The Morgan fingerprint density at radius 3 is 1.11 bits per heavy atom. The van der Waals surface area contributed by atoms with Crippen LogP contribution in [-0.2, 0) is 40.2 Å². The summed E-state index contributed by atoms with van der Waals surface area (Å²) in [5, 5.41) is 18.2. The quantitative estimate of drug-likeness (QED) is 0.125. The van der Waals surface area contributed by atoms with E-state index in [1.165, 1.54) is 56.1 Å². The van der Waals surface area contributed by atoms with E-state index in [2.05, 4.69) is 264 Å². The number of fused-ring (bicyclic) bond motifs is 2. The summed E-state index contributed by atoms with van der Waals surface area (Å²) in [4.78, 5) is 8.77. The van der Waals surface area contributed by atoms with Gasteiger partial charge in [0.25, 0.3) is 0 Å². The molecule has 0 spiro atoms. The number of nitrogens with zero attached hydrogens (tertiary/aromatic N) is 10. The third-order valence-electron chi connectivity index (χ3n) is 15.2. The first-order valence-corrected chi connectivity index (χ1v) is 29.1. The van der Waals surface area contributed by atoms with Gasteiger partial charge in [0.1, 0.15) is 0 Å². The predicted octanol–water partition coefficient (Wildman–Crippen LogP) is 17.8. The number of hydrogen-bond acceptors (Lipinski definition) is 8. The molecule has 0 bridgehead atoms. The number of para-hydroxylation sites is 8. The molecule has 10 aromatic carbocycles. The topological polar surface area (TPSA) is 74.4 Å². The number of aryl methyl sites for hydroxylation is 6. The number of rotatable bonds is 10. The van der Waals surface area contributed by atoms with Gasteiger partial charge in [-0.2, -0.15) is 84.2 Å². The van der Waals surface area contributed by atoms with E-state index in [1.54, 1.807) is 0 Å². The standard InChI is InChI=1S/2C23H20N3.C16H16N2.C14H12N2.2Ir/c2*1-16-10-7-8-15-20(16)23-25-24-22(19-13-5-4-6-14-19)26(23)21-17(2)11-9-12-18(21)3;1-2-12-17-13-18(14-8-4-3-5-9-14)16-11-7-6-10-15(16)17;1-15-11-16(12-7-3-2-4-8-12)14-10-6-5-9-13(14)15;;/h2*4-13,15H,1-3H3;3-8,10-11,13H,2,12H2,1H3;2-7,9-11H,1H3;;/q2*-1;2*-2;2*+3. The largest absolute Gasteiger partial charge is 3.00 e. The van der Waals surface area contributed by atoms with Crippen LogP contribution in [0.5, 0.6) is 0 Å². The van der Waals surface area contributed by atoms with Crippen LogP contribution < -0.4 is 19.6 Å². The first kappa shape index (κ1) is 63.5. The van der Waals surface area contributed by atoms with Crippen LogP contribution in [-0.4, -0.2) is 43.1 Å². The molecule has 0 N–H and O–H groups in total. The minimum Gasteiger partial charge on any atom is -0.504 e. The fraction of sp³-hybridized carbons (Fsp3) is 0.132. The van der Waals surface area contributed by atoms with E-state index in [9.17, 15) is 0 Å². The fourth-order valence-electron chi connectivity index (χ4n) is 11.0. The summed E-state index contributed by atoms with van der Waals surface area (Å²) in [5.41, 5.74) is 20.5. The van der Waals surface area contributed by atoms with Crippen molar-refractivity contribution in [1.82, 2.24) is 29.5 Å². The van der Waals surface area contributed by atoms with Gasteiger partial charge in [0.15, 0.2) is 11.6 Å². The van der Waals surface area contributed by atoms with Crippen molar-refractivity contribution >= 4 is 34.1 Å². The van der Waals surface area contributed by atoms with Crippen LogP contribution in [0.4, 0.5) is 34.1 Å². The van der Waals surface area contributed by atoms with Crippen molar-refractivity contribution < 1.29 is 40.2 Å². The second-order valence-electron chi connectivity index (χ2n) is 21.3. The maximum atomic E-state index is 4.58. The zero-order valence-corrected chi connectivity index (χ0v) is 55.4. The molecule has 14 rings (SSSR count). The van der Waals surface area contributed by atoms with Crippen molar-refractivity contribution in [2.24, 2.45) is 0 Å². The molecule has 4 heterocycles. The maximum absolute atomic E-state index is 4.58. The molecule has 10 nitrogen and oxygen atoms in total. The van der Waals surface area contributed by atoms with E-state index >= 15 is 0 Å². The normalized spacial score (nSPS) is 11.8. The zero-order chi connectivity index (χ0) is 59.5. The van der Waals surface area contributed by atoms with Crippen molar-refractivity contribution in [2.75, 3.05) is 33.2 Å². The van der Waals surface area contributed by atoms with Crippen molar-refractivity contribution in [3.8, 4) is 56.9 Å².